The van der Waals surface area contributed by atoms with E-state index in [1.165, 1.54) is 23.3 Å². The molecule has 0 fully saturated rings. The van der Waals surface area contributed by atoms with E-state index in [-0.39, 0.29) is 11.9 Å². The van der Waals surface area contributed by atoms with E-state index in [0.29, 0.717) is 6.04 Å². The van der Waals surface area contributed by atoms with Gasteiger partial charge in [0.1, 0.15) is 11.9 Å². The smallest absolute Gasteiger partial charge is 0.123 e. The summed E-state index contributed by atoms with van der Waals surface area (Å²) in [6.45, 7) is 0. The van der Waals surface area contributed by atoms with E-state index in [1.807, 2.05) is 29.1 Å². The van der Waals surface area contributed by atoms with Gasteiger partial charge in [0, 0.05) is 24.2 Å². The summed E-state index contributed by atoms with van der Waals surface area (Å²) in [7, 11) is 0. The molecule has 1 N–H and O–H groups in total. The third-order valence-corrected chi connectivity index (χ3v) is 4.20. The van der Waals surface area contributed by atoms with Crippen molar-refractivity contribution < 1.29 is 4.39 Å². The monoisotopic (exact) mass is 293 g/mol. The van der Waals surface area contributed by atoms with Crippen molar-refractivity contribution in [2.45, 2.75) is 18.5 Å². The van der Waals surface area contributed by atoms with Crippen molar-refractivity contribution in [2.75, 3.05) is 0 Å². The van der Waals surface area contributed by atoms with Crippen LogP contribution < -0.4 is 5.32 Å². The zero-order valence-corrected chi connectivity index (χ0v) is 12.0. The summed E-state index contributed by atoms with van der Waals surface area (Å²) in [5, 5.41) is 7.84. The maximum Gasteiger partial charge on any atom is 0.123 e. The molecule has 2 unspecified atom stereocenters. The Morgan fingerprint density at radius 2 is 2.14 bits per heavy atom. The molecule has 0 bridgehead atoms. The van der Waals surface area contributed by atoms with Gasteiger partial charge in [0.25, 0.3) is 0 Å². The zero-order valence-electron chi connectivity index (χ0n) is 12.0. The number of hydrogen-bond acceptors (Lipinski definition) is 2. The van der Waals surface area contributed by atoms with Crippen molar-refractivity contribution in [2.24, 2.45) is 0 Å². The summed E-state index contributed by atoms with van der Waals surface area (Å²) >= 11 is 0. The van der Waals surface area contributed by atoms with Gasteiger partial charge in [-0.15, -0.1) is 0 Å². The molecular formula is C18H16FN3. The number of rotatable bonds is 3. The molecule has 2 heterocycles. The number of hydrogen-bond donors (Lipinski definition) is 1. The predicted octanol–water partition coefficient (Wildman–Crippen LogP) is 3.35. The van der Waals surface area contributed by atoms with Crippen LogP contribution in [-0.4, -0.2) is 15.8 Å². The average molecular weight is 293 g/mol. The zero-order chi connectivity index (χ0) is 14.9. The quantitative estimate of drug-likeness (QED) is 0.940. The maximum atomic E-state index is 13.3. The van der Waals surface area contributed by atoms with E-state index in [2.05, 4.69) is 34.8 Å². The Balaban J connectivity index is 1.80. The Morgan fingerprint density at radius 3 is 2.91 bits per heavy atom. The molecule has 2 atom stereocenters. The summed E-state index contributed by atoms with van der Waals surface area (Å²) in [4.78, 5) is 0. The molecule has 110 valence electrons. The standard InChI is InChI=1S/C18H16FN3/c19-14-8-6-13(7-9-14)18(22-11-3-10-21-22)16-12-20-17-5-2-1-4-15(16)17/h1-4,6-12,17-18,20H,5H2. The van der Waals surface area contributed by atoms with Crippen LogP contribution in [0.25, 0.3) is 0 Å². The molecule has 0 radical (unpaired) electrons. The number of aromatic nitrogens is 2. The molecule has 0 spiro atoms. The van der Waals surface area contributed by atoms with Crippen LogP contribution in [0, 0.1) is 5.82 Å². The number of benzene rings is 1. The summed E-state index contributed by atoms with van der Waals surface area (Å²) in [5.41, 5.74) is 3.49. The lowest BCUT2D eigenvalue weighted by Gasteiger charge is -2.23. The van der Waals surface area contributed by atoms with Crippen LogP contribution >= 0.6 is 0 Å². The molecule has 4 heteroatoms. The number of allylic oxidation sites excluding steroid dienone is 2. The first-order valence-electron chi connectivity index (χ1n) is 7.41. The molecular weight excluding hydrogens is 277 g/mol. The van der Waals surface area contributed by atoms with Gasteiger partial charge in [-0.1, -0.05) is 30.4 Å². The molecule has 22 heavy (non-hydrogen) atoms. The molecule has 1 aromatic carbocycles. The highest BCUT2D eigenvalue weighted by Crippen LogP contribution is 2.37. The van der Waals surface area contributed by atoms with Crippen LogP contribution in [0.2, 0.25) is 0 Å². The highest BCUT2D eigenvalue weighted by Gasteiger charge is 2.30. The Hall–Kier alpha value is -2.62. The molecule has 0 amide bonds. The van der Waals surface area contributed by atoms with E-state index < -0.39 is 0 Å². The lowest BCUT2D eigenvalue weighted by atomic mass is 9.89. The van der Waals surface area contributed by atoms with Gasteiger partial charge in [-0.3, -0.25) is 4.68 Å². The van der Waals surface area contributed by atoms with Crippen LogP contribution in [0.5, 0.6) is 0 Å². The lowest BCUT2D eigenvalue weighted by Crippen LogP contribution is -2.22. The minimum absolute atomic E-state index is 0.0501. The average Bonchev–Trinajstić information content (AvgIpc) is 3.20. The van der Waals surface area contributed by atoms with Crippen LogP contribution in [0.1, 0.15) is 18.0 Å². The van der Waals surface area contributed by atoms with Crippen molar-refractivity contribution in [1.29, 1.82) is 0 Å². The first-order chi connectivity index (χ1) is 10.8. The number of nitrogens with zero attached hydrogens (tertiary/aromatic N) is 2. The number of fused-ring (bicyclic) bond motifs is 1. The van der Waals surface area contributed by atoms with E-state index in [0.717, 1.165) is 12.0 Å². The van der Waals surface area contributed by atoms with Gasteiger partial charge in [-0.2, -0.15) is 5.10 Å². The van der Waals surface area contributed by atoms with Gasteiger partial charge < -0.3 is 5.32 Å². The Labute approximate surface area is 128 Å². The molecule has 2 aromatic rings. The van der Waals surface area contributed by atoms with Gasteiger partial charge >= 0.3 is 0 Å². The molecule has 1 aliphatic heterocycles. The van der Waals surface area contributed by atoms with Gasteiger partial charge in [-0.25, -0.2) is 4.39 Å². The minimum Gasteiger partial charge on any atom is -0.383 e. The first kappa shape index (κ1) is 13.1. The molecule has 1 aliphatic carbocycles. The van der Waals surface area contributed by atoms with Crippen LogP contribution in [0.15, 0.2) is 78.3 Å². The Kier molecular flexibility index (Phi) is 3.15. The molecule has 3 nitrogen and oxygen atoms in total. The molecule has 0 saturated heterocycles. The minimum atomic E-state index is -0.223. The van der Waals surface area contributed by atoms with Gasteiger partial charge in [-0.05, 0) is 35.8 Å². The van der Waals surface area contributed by atoms with E-state index in [1.54, 1.807) is 6.20 Å². The fraction of sp³-hybridized carbons (Fsp3) is 0.167. The van der Waals surface area contributed by atoms with Crippen molar-refractivity contribution in [3.63, 3.8) is 0 Å². The van der Waals surface area contributed by atoms with E-state index >= 15 is 0 Å². The summed E-state index contributed by atoms with van der Waals surface area (Å²) < 4.78 is 15.2. The molecule has 1 aromatic heterocycles. The van der Waals surface area contributed by atoms with Crippen LogP contribution in [0.3, 0.4) is 0 Å². The van der Waals surface area contributed by atoms with Crippen LogP contribution in [0.4, 0.5) is 4.39 Å². The fourth-order valence-electron chi connectivity index (χ4n) is 3.15. The number of nitrogens with one attached hydrogen (secondary N) is 1. The number of halogens is 1. The highest BCUT2D eigenvalue weighted by atomic mass is 19.1. The second-order valence-corrected chi connectivity index (χ2v) is 5.54. The largest absolute Gasteiger partial charge is 0.383 e. The molecule has 4 rings (SSSR count). The summed E-state index contributed by atoms with van der Waals surface area (Å²) in [5.74, 6) is -0.223. The fourth-order valence-corrected chi connectivity index (χ4v) is 3.15. The third-order valence-electron chi connectivity index (χ3n) is 4.20. The predicted molar refractivity (Wildman–Crippen MR) is 83.6 cm³/mol. The SMILES string of the molecule is Fc1ccc(C(C2=CNC3CC=CC=C23)n2cccn2)cc1. The van der Waals surface area contributed by atoms with Crippen molar-refractivity contribution in [3.8, 4) is 0 Å². The van der Waals surface area contributed by atoms with Gasteiger partial charge in [0.2, 0.25) is 0 Å². The maximum absolute atomic E-state index is 13.3. The third kappa shape index (κ3) is 2.17. The normalized spacial score (nSPS) is 20.9. The van der Waals surface area contributed by atoms with Gasteiger partial charge in [0.05, 0.1) is 6.04 Å². The van der Waals surface area contributed by atoms with Crippen LogP contribution in [-0.2, 0) is 0 Å². The molecule has 0 saturated carbocycles. The summed E-state index contributed by atoms with van der Waals surface area (Å²) in [6.07, 6.45) is 13.2. The summed E-state index contributed by atoms with van der Waals surface area (Å²) in [6, 6.07) is 8.85. The topological polar surface area (TPSA) is 29.9 Å². The Morgan fingerprint density at radius 1 is 1.27 bits per heavy atom. The highest BCUT2D eigenvalue weighted by molar-refractivity contribution is 5.50. The lowest BCUT2D eigenvalue weighted by molar-refractivity contribution is 0.583. The van der Waals surface area contributed by atoms with Crippen molar-refractivity contribution in [1.82, 2.24) is 15.1 Å². The van der Waals surface area contributed by atoms with Gasteiger partial charge in [0.15, 0.2) is 0 Å². The van der Waals surface area contributed by atoms with E-state index in [4.69, 9.17) is 0 Å². The second kappa shape index (κ2) is 5.30. The van der Waals surface area contributed by atoms with Crippen molar-refractivity contribution in [3.05, 3.63) is 89.7 Å². The van der Waals surface area contributed by atoms with E-state index in [9.17, 15) is 4.39 Å². The van der Waals surface area contributed by atoms with Crippen molar-refractivity contribution >= 4 is 0 Å². The second-order valence-electron chi connectivity index (χ2n) is 5.54. The molecule has 2 aliphatic rings. The Bertz CT molecular complexity index is 754. The first-order valence-corrected chi connectivity index (χ1v) is 7.41.